The zero-order valence-corrected chi connectivity index (χ0v) is 10.4. The number of hydrogen-bond donors (Lipinski definition) is 0. The Labute approximate surface area is 105 Å². The maximum Gasteiger partial charge on any atom is 0.308 e. The number of carbonyl (C=O) groups excluding carboxylic acids is 2. The second-order valence-corrected chi connectivity index (χ2v) is 4.05. The van der Waals surface area contributed by atoms with Crippen molar-refractivity contribution in [2.75, 3.05) is 18.6 Å². The van der Waals surface area contributed by atoms with Crippen molar-refractivity contribution < 1.29 is 19.1 Å². The van der Waals surface area contributed by atoms with Crippen LogP contribution in [0.5, 0.6) is 11.5 Å². The van der Waals surface area contributed by atoms with Crippen LogP contribution >= 0.6 is 0 Å². The molecule has 1 aromatic carbocycles. The maximum absolute atomic E-state index is 11.8. The Kier molecular flexibility index (Phi) is 3.50. The highest BCUT2D eigenvalue weighted by Gasteiger charge is 2.26. The molecule has 1 aromatic rings. The number of rotatable bonds is 3. The number of methoxy groups -OCH3 is 1. The summed E-state index contributed by atoms with van der Waals surface area (Å²) >= 11 is 0. The van der Waals surface area contributed by atoms with E-state index in [9.17, 15) is 9.59 Å². The first-order chi connectivity index (χ1) is 8.63. The molecule has 1 aliphatic rings. The average molecular weight is 249 g/mol. The van der Waals surface area contributed by atoms with Gasteiger partial charge in [0.05, 0.1) is 12.8 Å². The van der Waals surface area contributed by atoms with Crippen molar-refractivity contribution in [3.63, 3.8) is 0 Å². The third-order valence-electron chi connectivity index (χ3n) is 2.79. The number of esters is 1. The molecule has 5 heteroatoms. The second kappa shape index (κ2) is 5.08. The van der Waals surface area contributed by atoms with Gasteiger partial charge in [0.15, 0.2) is 11.5 Å². The molecular weight excluding hydrogens is 234 g/mol. The van der Waals surface area contributed by atoms with Gasteiger partial charge in [0, 0.05) is 19.9 Å². The standard InChI is InChI=1S/C13H15NO4/c1-9(15)18-13-10(5-3-6-11(13)17-2)14-8-4-7-12(14)16/h3,5-6H,4,7-8H2,1-2H3. The molecule has 1 fully saturated rings. The molecule has 0 atom stereocenters. The molecule has 18 heavy (non-hydrogen) atoms. The first kappa shape index (κ1) is 12.4. The highest BCUT2D eigenvalue weighted by molar-refractivity contribution is 5.97. The van der Waals surface area contributed by atoms with Crippen molar-refractivity contribution in [3.05, 3.63) is 18.2 Å². The van der Waals surface area contributed by atoms with Crippen LogP contribution in [0.1, 0.15) is 19.8 Å². The van der Waals surface area contributed by atoms with E-state index in [0.717, 1.165) is 6.42 Å². The first-order valence-electron chi connectivity index (χ1n) is 5.79. The predicted molar refractivity (Wildman–Crippen MR) is 65.9 cm³/mol. The van der Waals surface area contributed by atoms with Crippen LogP contribution in [0.15, 0.2) is 18.2 Å². The van der Waals surface area contributed by atoms with E-state index >= 15 is 0 Å². The summed E-state index contributed by atoms with van der Waals surface area (Å²) in [6.45, 7) is 1.96. The lowest BCUT2D eigenvalue weighted by atomic mass is 10.2. The molecule has 0 aliphatic carbocycles. The number of hydrogen-bond acceptors (Lipinski definition) is 4. The maximum atomic E-state index is 11.8. The molecule has 0 radical (unpaired) electrons. The molecule has 0 bridgehead atoms. The number of anilines is 1. The molecule has 0 saturated carbocycles. The molecule has 1 heterocycles. The number of carbonyl (C=O) groups is 2. The summed E-state index contributed by atoms with van der Waals surface area (Å²) in [7, 11) is 1.50. The van der Waals surface area contributed by atoms with Crippen LogP contribution in [-0.2, 0) is 9.59 Å². The summed E-state index contributed by atoms with van der Waals surface area (Å²) in [5.41, 5.74) is 0.590. The van der Waals surface area contributed by atoms with E-state index < -0.39 is 5.97 Å². The van der Waals surface area contributed by atoms with Crippen molar-refractivity contribution in [3.8, 4) is 11.5 Å². The van der Waals surface area contributed by atoms with E-state index in [4.69, 9.17) is 9.47 Å². The van der Waals surface area contributed by atoms with E-state index in [1.54, 1.807) is 23.1 Å². The van der Waals surface area contributed by atoms with Crippen LogP contribution in [0.2, 0.25) is 0 Å². The Morgan fingerprint density at radius 3 is 2.72 bits per heavy atom. The molecule has 0 aromatic heterocycles. The lowest BCUT2D eigenvalue weighted by Gasteiger charge is -2.20. The number of para-hydroxylation sites is 1. The summed E-state index contributed by atoms with van der Waals surface area (Å²) in [5.74, 6) is 0.356. The van der Waals surface area contributed by atoms with Crippen molar-refractivity contribution in [1.29, 1.82) is 0 Å². The fourth-order valence-corrected chi connectivity index (χ4v) is 2.03. The third kappa shape index (κ3) is 2.30. The van der Waals surface area contributed by atoms with Crippen molar-refractivity contribution >= 4 is 17.6 Å². The lowest BCUT2D eigenvalue weighted by molar-refractivity contribution is -0.132. The largest absolute Gasteiger partial charge is 0.493 e. The van der Waals surface area contributed by atoms with Gasteiger partial charge in [-0.3, -0.25) is 9.59 Å². The molecule has 1 aliphatic heterocycles. The minimum Gasteiger partial charge on any atom is -0.493 e. The van der Waals surface area contributed by atoms with Crippen LogP contribution in [0.3, 0.4) is 0 Å². The monoisotopic (exact) mass is 249 g/mol. The van der Waals surface area contributed by atoms with Gasteiger partial charge in [0.2, 0.25) is 5.91 Å². The quantitative estimate of drug-likeness (QED) is 0.605. The van der Waals surface area contributed by atoms with Gasteiger partial charge in [-0.2, -0.15) is 0 Å². The Morgan fingerprint density at radius 1 is 1.39 bits per heavy atom. The first-order valence-corrected chi connectivity index (χ1v) is 5.79. The Balaban J connectivity index is 2.44. The molecule has 1 amide bonds. The molecule has 0 spiro atoms. The van der Waals surface area contributed by atoms with Crippen LogP contribution < -0.4 is 14.4 Å². The zero-order valence-electron chi connectivity index (χ0n) is 10.4. The van der Waals surface area contributed by atoms with Gasteiger partial charge in [-0.05, 0) is 18.6 Å². The van der Waals surface area contributed by atoms with Crippen LogP contribution in [0.4, 0.5) is 5.69 Å². The summed E-state index contributed by atoms with van der Waals surface area (Å²) in [6, 6.07) is 5.22. The summed E-state index contributed by atoms with van der Waals surface area (Å²) < 4.78 is 10.3. The number of nitrogens with zero attached hydrogens (tertiary/aromatic N) is 1. The predicted octanol–water partition coefficient (Wildman–Crippen LogP) is 1.75. The Bertz CT molecular complexity index is 484. The summed E-state index contributed by atoms with van der Waals surface area (Å²) in [4.78, 5) is 24.5. The van der Waals surface area contributed by atoms with E-state index in [1.165, 1.54) is 14.0 Å². The van der Waals surface area contributed by atoms with Gasteiger partial charge in [0.1, 0.15) is 0 Å². The molecule has 0 N–H and O–H groups in total. The van der Waals surface area contributed by atoms with E-state index in [-0.39, 0.29) is 5.91 Å². The van der Waals surface area contributed by atoms with Crippen LogP contribution in [-0.4, -0.2) is 25.5 Å². The fraction of sp³-hybridized carbons (Fsp3) is 0.385. The lowest BCUT2D eigenvalue weighted by Crippen LogP contribution is -2.24. The average Bonchev–Trinajstić information content (AvgIpc) is 2.75. The minimum atomic E-state index is -0.438. The van der Waals surface area contributed by atoms with E-state index in [1.807, 2.05) is 0 Å². The normalized spacial score (nSPS) is 14.8. The summed E-state index contributed by atoms with van der Waals surface area (Å²) in [6.07, 6.45) is 1.34. The molecule has 96 valence electrons. The van der Waals surface area contributed by atoms with Gasteiger partial charge in [-0.15, -0.1) is 0 Å². The fourth-order valence-electron chi connectivity index (χ4n) is 2.03. The third-order valence-corrected chi connectivity index (χ3v) is 2.79. The topological polar surface area (TPSA) is 55.8 Å². The molecular formula is C13H15NO4. The van der Waals surface area contributed by atoms with Crippen LogP contribution in [0, 0.1) is 0 Å². The Hall–Kier alpha value is -2.04. The van der Waals surface area contributed by atoms with Crippen molar-refractivity contribution in [2.24, 2.45) is 0 Å². The highest BCUT2D eigenvalue weighted by Crippen LogP contribution is 2.39. The zero-order chi connectivity index (χ0) is 13.1. The van der Waals surface area contributed by atoms with Crippen molar-refractivity contribution in [1.82, 2.24) is 0 Å². The van der Waals surface area contributed by atoms with Crippen LogP contribution in [0.25, 0.3) is 0 Å². The SMILES string of the molecule is COc1cccc(N2CCCC2=O)c1OC(C)=O. The molecule has 5 nitrogen and oxygen atoms in total. The molecule has 1 saturated heterocycles. The van der Waals surface area contributed by atoms with E-state index in [2.05, 4.69) is 0 Å². The number of ether oxygens (including phenoxy) is 2. The Morgan fingerprint density at radius 2 is 2.17 bits per heavy atom. The second-order valence-electron chi connectivity index (χ2n) is 4.05. The van der Waals surface area contributed by atoms with Crippen molar-refractivity contribution in [2.45, 2.75) is 19.8 Å². The molecule has 2 rings (SSSR count). The van der Waals surface area contributed by atoms with Gasteiger partial charge in [-0.25, -0.2) is 0 Å². The van der Waals surface area contributed by atoms with Gasteiger partial charge < -0.3 is 14.4 Å². The van der Waals surface area contributed by atoms with Gasteiger partial charge in [0.25, 0.3) is 0 Å². The van der Waals surface area contributed by atoms with Gasteiger partial charge >= 0.3 is 5.97 Å². The number of benzene rings is 1. The van der Waals surface area contributed by atoms with Gasteiger partial charge in [-0.1, -0.05) is 6.07 Å². The minimum absolute atomic E-state index is 0.0386. The smallest absolute Gasteiger partial charge is 0.308 e. The number of amides is 1. The summed E-state index contributed by atoms with van der Waals surface area (Å²) in [5, 5.41) is 0. The molecule has 0 unspecified atom stereocenters. The highest BCUT2D eigenvalue weighted by atomic mass is 16.6. The van der Waals surface area contributed by atoms with E-state index in [0.29, 0.717) is 30.2 Å².